The molecule has 3 aliphatic rings. The van der Waals surface area contributed by atoms with Crippen LogP contribution in [0.3, 0.4) is 0 Å². The molecule has 0 amide bonds. The average molecular weight is 361 g/mol. The second-order valence-corrected chi connectivity index (χ2v) is 8.89. The topological polar surface area (TPSA) is 54.4 Å². The Morgan fingerprint density at radius 3 is 2.92 bits per heavy atom. The summed E-state index contributed by atoms with van der Waals surface area (Å²) in [4.78, 5) is 23.8. The van der Waals surface area contributed by atoms with Gasteiger partial charge in [0, 0.05) is 23.3 Å². The van der Waals surface area contributed by atoms with E-state index in [0.29, 0.717) is 36.4 Å². The van der Waals surface area contributed by atoms with Crippen LogP contribution in [0.2, 0.25) is 5.02 Å². The number of carbonyl (C=O) groups is 2. The molecule has 1 unspecified atom stereocenters. The summed E-state index contributed by atoms with van der Waals surface area (Å²) in [5, 5.41) is 9.89. The van der Waals surface area contributed by atoms with Gasteiger partial charge in [-0.3, -0.25) is 9.59 Å². The van der Waals surface area contributed by atoms with Crippen molar-refractivity contribution in [3.05, 3.63) is 34.3 Å². The summed E-state index contributed by atoms with van der Waals surface area (Å²) in [6, 6.07) is 6.26. The number of hydrogen-bond acceptors (Lipinski definition) is 2. The first-order chi connectivity index (χ1) is 11.9. The number of carboxylic acids is 1. The van der Waals surface area contributed by atoms with Gasteiger partial charge in [-0.25, -0.2) is 0 Å². The molecular weight excluding hydrogens is 336 g/mol. The van der Waals surface area contributed by atoms with E-state index in [4.69, 9.17) is 16.7 Å². The van der Waals surface area contributed by atoms with E-state index in [1.54, 1.807) is 0 Å². The molecule has 0 saturated heterocycles. The molecule has 4 heteroatoms. The van der Waals surface area contributed by atoms with Gasteiger partial charge < -0.3 is 5.11 Å². The smallest absolute Gasteiger partial charge is 0.303 e. The number of Topliss-reactive ketones (excluding diaryl/α,β-unsaturated/α-hetero) is 1. The van der Waals surface area contributed by atoms with E-state index in [9.17, 15) is 9.59 Å². The molecule has 1 N–H and O–H groups in total. The van der Waals surface area contributed by atoms with Crippen molar-refractivity contribution in [3.63, 3.8) is 0 Å². The van der Waals surface area contributed by atoms with Gasteiger partial charge in [0.25, 0.3) is 0 Å². The van der Waals surface area contributed by atoms with Gasteiger partial charge in [0.1, 0.15) is 5.78 Å². The lowest BCUT2D eigenvalue weighted by Gasteiger charge is -2.50. The summed E-state index contributed by atoms with van der Waals surface area (Å²) < 4.78 is 0. The van der Waals surface area contributed by atoms with Crippen molar-refractivity contribution in [1.29, 1.82) is 0 Å². The van der Waals surface area contributed by atoms with Crippen LogP contribution >= 0.6 is 11.6 Å². The Morgan fingerprint density at radius 1 is 1.36 bits per heavy atom. The molecule has 0 heterocycles. The van der Waals surface area contributed by atoms with Gasteiger partial charge in [0.05, 0.1) is 0 Å². The van der Waals surface area contributed by atoms with Crippen LogP contribution in [-0.2, 0) is 16.0 Å². The minimum atomic E-state index is -0.753. The van der Waals surface area contributed by atoms with Gasteiger partial charge >= 0.3 is 5.97 Å². The number of rotatable bonds is 3. The van der Waals surface area contributed by atoms with Crippen molar-refractivity contribution in [2.45, 2.75) is 57.8 Å². The van der Waals surface area contributed by atoms with Crippen molar-refractivity contribution >= 4 is 23.4 Å². The van der Waals surface area contributed by atoms with Gasteiger partial charge in [-0.15, -0.1) is 0 Å². The summed E-state index contributed by atoms with van der Waals surface area (Å²) in [6.07, 6.45) is 5.49. The van der Waals surface area contributed by atoms with E-state index in [-0.39, 0.29) is 17.8 Å². The standard InChI is InChI=1S/C21H25ClO3/c1-21-9-8-16-15-6-4-14(22)10-12(15)2-5-17(16)20(21)13(11-18(21)23)3-7-19(24)25/h4,6,10,13,16-17,20H,2-3,5,7-9,11H2,1H3,(H,24,25)/t13-,16-,17?,20+,21-/m1/s1. The lowest BCUT2D eigenvalue weighted by atomic mass is 9.54. The van der Waals surface area contributed by atoms with Crippen LogP contribution in [0.5, 0.6) is 0 Å². The van der Waals surface area contributed by atoms with Crippen molar-refractivity contribution < 1.29 is 14.7 Å². The van der Waals surface area contributed by atoms with Gasteiger partial charge in [-0.05, 0) is 79.0 Å². The number of hydrogen-bond donors (Lipinski definition) is 1. The van der Waals surface area contributed by atoms with E-state index in [1.165, 1.54) is 11.1 Å². The highest BCUT2D eigenvalue weighted by atomic mass is 35.5. The number of benzene rings is 1. The third kappa shape index (κ3) is 2.71. The predicted octanol–water partition coefficient (Wildman–Crippen LogP) is 4.86. The average Bonchev–Trinajstić information content (AvgIpc) is 2.83. The lowest BCUT2D eigenvalue weighted by Crippen LogP contribution is -2.44. The van der Waals surface area contributed by atoms with E-state index in [1.807, 2.05) is 6.07 Å². The van der Waals surface area contributed by atoms with Crippen LogP contribution in [0.4, 0.5) is 0 Å². The quantitative estimate of drug-likeness (QED) is 0.837. The molecule has 0 aliphatic heterocycles. The summed E-state index contributed by atoms with van der Waals surface area (Å²) >= 11 is 6.18. The molecule has 3 nitrogen and oxygen atoms in total. The molecule has 1 aromatic rings. The van der Waals surface area contributed by atoms with E-state index >= 15 is 0 Å². The maximum atomic E-state index is 12.8. The molecule has 134 valence electrons. The normalized spacial score (nSPS) is 36.5. The van der Waals surface area contributed by atoms with Crippen LogP contribution in [0.25, 0.3) is 0 Å². The fourth-order valence-electron chi connectivity index (χ4n) is 6.18. The fourth-order valence-corrected chi connectivity index (χ4v) is 6.38. The highest BCUT2D eigenvalue weighted by Crippen LogP contribution is 2.62. The minimum Gasteiger partial charge on any atom is -0.481 e. The van der Waals surface area contributed by atoms with Crippen LogP contribution in [0.1, 0.15) is 62.5 Å². The molecule has 0 spiro atoms. The van der Waals surface area contributed by atoms with Gasteiger partial charge in [-0.1, -0.05) is 24.6 Å². The molecule has 0 aromatic heterocycles. The van der Waals surface area contributed by atoms with Crippen molar-refractivity contribution in [3.8, 4) is 0 Å². The van der Waals surface area contributed by atoms with E-state index in [2.05, 4.69) is 19.1 Å². The predicted molar refractivity (Wildman–Crippen MR) is 96.8 cm³/mol. The number of ketones is 1. The van der Waals surface area contributed by atoms with E-state index < -0.39 is 5.97 Å². The van der Waals surface area contributed by atoms with Crippen LogP contribution in [0.15, 0.2) is 18.2 Å². The molecule has 4 rings (SSSR count). The number of aryl methyl sites for hydroxylation is 1. The van der Waals surface area contributed by atoms with Crippen molar-refractivity contribution in [2.75, 3.05) is 0 Å². The molecular formula is C21H25ClO3. The first-order valence-corrected chi connectivity index (χ1v) is 9.81. The summed E-state index contributed by atoms with van der Waals surface area (Å²) in [6.45, 7) is 2.15. The summed E-state index contributed by atoms with van der Waals surface area (Å²) in [5.41, 5.74) is 2.54. The van der Waals surface area contributed by atoms with Crippen molar-refractivity contribution in [1.82, 2.24) is 0 Å². The largest absolute Gasteiger partial charge is 0.481 e. The van der Waals surface area contributed by atoms with Gasteiger partial charge in [0.2, 0.25) is 0 Å². The molecule has 0 radical (unpaired) electrons. The Kier molecular flexibility index (Phi) is 4.18. The second kappa shape index (κ2) is 6.12. The molecule has 2 fully saturated rings. The Hall–Kier alpha value is -1.35. The molecule has 1 aromatic carbocycles. The van der Waals surface area contributed by atoms with Gasteiger partial charge in [0.15, 0.2) is 0 Å². The highest BCUT2D eigenvalue weighted by molar-refractivity contribution is 6.30. The second-order valence-electron chi connectivity index (χ2n) is 8.45. The molecule has 5 atom stereocenters. The van der Waals surface area contributed by atoms with E-state index in [0.717, 1.165) is 30.7 Å². The Balaban J connectivity index is 1.67. The zero-order chi connectivity index (χ0) is 17.8. The van der Waals surface area contributed by atoms with Gasteiger partial charge in [-0.2, -0.15) is 0 Å². The van der Waals surface area contributed by atoms with Crippen LogP contribution < -0.4 is 0 Å². The molecule has 0 bridgehead atoms. The number of carboxylic acid groups (broad SMARTS) is 1. The Labute approximate surface area is 153 Å². The van der Waals surface area contributed by atoms with Crippen molar-refractivity contribution in [2.24, 2.45) is 23.2 Å². The fraction of sp³-hybridized carbons (Fsp3) is 0.619. The molecule has 2 saturated carbocycles. The monoisotopic (exact) mass is 360 g/mol. The SMILES string of the molecule is C[C@]12CC[C@@H]3c4ccc(Cl)cc4CCC3[C@@H]1[C@H](CCC(=O)O)CC2=O. The summed E-state index contributed by atoms with van der Waals surface area (Å²) in [5.74, 6) is 1.18. The molecule has 3 aliphatic carbocycles. The Bertz CT molecular complexity index is 728. The maximum absolute atomic E-state index is 12.8. The number of fused-ring (bicyclic) bond motifs is 5. The lowest BCUT2D eigenvalue weighted by molar-refractivity contribution is -0.137. The third-order valence-electron chi connectivity index (χ3n) is 7.26. The minimum absolute atomic E-state index is 0.175. The number of carbonyl (C=O) groups excluding carboxylic acids is 1. The first-order valence-electron chi connectivity index (χ1n) is 9.43. The zero-order valence-corrected chi connectivity index (χ0v) is 15.4. The molecule has 25 heavy (non-hydrogen) atoms. The third-order valence-corrected chi connectivity index (χ3v) is 7.50. The Morgan fingerprint density at radius 2 is 2.16 bits per heavy atom. The van der Waals surface area contributed by atoms with Crippen LogP contribution in [-0.4, -0.2) is 16.9 Å². The highest BCUT2D eigenvalue weighted by Gasteiger charge is 2.58. The maximum Gasteiger partial charge on any atom is 0.303 e. The zero-order valence-electron chi connectivity index (χ0n) is 14.6. The number of aliphatic carboxylic acids is 1. The van der Waals surface area contributed by atoms with Crippen LogP contribution in [0, 0.1) is 23.2 Å². The summed E-state index contributed by atoms with van der Waals surface area (Å²) in [7, 11) is 0. The number of halogens is 1. The first kappa shape index (κ1) is 17.1.